The van der Waals surface area contributed by atoms with Crippen molar-refractivity contribution in [3.8, 4) is 5.75 Å². The lowest BCUT2D eigenvalue weighted by Gasteiger charge is -2.20. The molecule has 3 rings (SSSR count). The largest absolute Gasteiger partial charge is 0.497 e. The molecular formula is C24H25F2N2O2+. The van der Waals surface area contributed by atoms with E-state index in [1.165, 1.54) is 12.1 Å². The maximum Gasteiger partial charge on any atom is 0.275 e. The molecule has 4 nitrogen and oxygen atoms in total. The number of methoxy groups -OCH3 is 1. The lowest BCUT2D eigenvalue weighted by atomic mass is 9.98. The highest BCUT2D eigenvalue weighted by Crippen LogP contribution is 2.24. The van der Waals surface area contributed by atoms with Gasteiger partial charge in [0, 0.05) is 11.6 Å². The van der Waals surface area contributed by atoms with Crippen LogP contribution < -0.4 is 15.4 Å². The second-order valence-corrected chi connectivity index (χ2v) is 7.08. The van der Waals surface area contributed by atoms with Crippen molar-refractivity contribution in [3.63, 3.8) is 0 Å². The van der Waals surface area contributed by atoms with Crippen LogP contribution in [0.2, 0.25) is 0 Å². The van der Waals surface area contributed by atoms with E-state index in [1.54, 1.807) is 19.4 Å². The molecule has 0 unspecified atom stereocenters. The number of hydrogen-bond acceptors (Lipinski definition) is 2. The Balaban J connectivity index is 1.70. The maximum absolute atomic E-state index is 14.0. The average Bonchev–Trinajstić information content (AvgIpc) is 2.76. The predicted octanol–water partition coefficient (Wildman–Crippen LogP) is 3.50. The highest BCUT2D eigenvalue weighted by Gasteiger charge is 2.20. The highest BCUT2D eigenvalue weighted by molar-refractivity contribution is 5.77. The van der Waals surface area contributed by atoms with Crippen molar-refractivity contribution in [2.75, 3.05) is 13.7 Å². The summed E-state index contributed by atoms with van der Waals surface area (Å²) in [7, 11) is 1.60. The minimum atomic E-state index is -0.619. The van der Waals surface area contributed by atoms with E-state index < -0.39 is 11.6 Å². The zero-order valence-corrected chi connectivity index (χ0v) is 16.9. The van der Waals surface area contributed by atoms with Gasteiger partial charge >= 0.3 is 0 Å². The number of nitrogens with two attached hydrogens (primary N) is 1. The Morgan fingerprint density at radius 3 is 2.30 bits per heavy atom. The van der Waals surface area contributed by atoms with Gasteiger partial charge in [-0.3, -0.25) is 4.79 Å². The molecule has 30 heavy (non-hydrogen) atoms. The van der Waals surface area contributed by atoms with E-state index in [0.29, 0.717) is 5.56 Å². The molecular weight excluding hydrogens is 386 g/mol. The van der Waals surface area contributed by atoms with Crippen molar-refractivity contribution < 1.29 is 23.6 Å². The Hall–Kier alpha value is -3.25. The summed E-state index contributed by atoms with van der Waals surface area (Å²) >= 11 is 0. The van der Waals surface area contributed by atoms with Crippen LogP contribution in [0.25, 0.3) is 0 Å². The van der Waals surface area contributed by atoms with E-state index in [9.17, 15) is 13.6 Å². The summed E-state index contributed by atoms with van der Waals surface area (Å²) in [5, 5.41) is 4.78. The second kappa shape index (κ2) is 9.98. The Labute approximate surface area is 174 Å². The number of carbonyl (C=O) groups excluding carboxylic acids is 1. The molecule has 2 atom stereocenters. The maximum atomic E-state index is 14.0. The van der Waals surface area contributed by atoms with Gasteiger partial charge in [0.15, 0.2) is 6.54 Å². The summed E-state index contributed by atoms with van der Waals surface area (Å²) < 4.78 is 32.3. The van der Waals surface area contributed by atoms with Gasteiger partial charge < -0.3 is 15.4 Å². The first-order valence-corrected chi connectivity index (χ1v) is 9.74. The van der Waals surface area contributed by atoms with Crippen LogP contribution in [0.4, 0.5) is 8.78 Å². The third-order valence-corrected chi connectivity index (χ3v) is 5.00. The molecule has 0 aliphatic carbocycles. The molecule has 3 N–H and O–H groups in total. The molecule has 0 spiro atoms. The molecule has 0 fully saturated rings. The van der Waals surface area contributed by atoms with E-state index in [-0.39, 0.29) is 24.5 Å². The predicted molar refractivity (Wildman–Crippen MR) is 111 cm³/mol. The number of ether oxygens (including phenoxy) is 1. The van der Waals surface area contributed by atoms with Gasteiger partial charge in [0.1, 0.15) is 23.4 Å². The summed E-state index contributed by atoms with van der Waals surface area (Å²) in [6.45, 7) is 1.89. The summed E-state index contributed by atoms with van der Waals surface area (Å²) in [5.41, 5.74) is 2.24. The van der Waals surface area contributed by atoms with Crippen molar-refractivity contribution >= 4 is 5.91 Å². The van der Waals surface area contributed by atoms with Crippen LogP contribution in [0.1, 0.15) is 35.7 Å². The van der Waals surface area contributed by atoms with Gasteiger partial charge in [-0.05, 0) is 42.3 Å². The van der Waals surface area contributed by atoms with Crippen molar-refractivity contribution in [3.05, 3.63) is 101 Å². The van der Waals surface area contributed by atoms with Crippen LogP contribution in [0, 0.1) is 11.6 Å². The van der Waals surface area contributed by atoms with Crippen molar-refractivity contribution in [1.82, 2.24) is 5.32 Å². The average molecular weight is 411 g/mol. The number of quaternary nitrogens is 1. The van der Waals surface area contributed by atoms with E-state index >= 15 is 0 Å². The van der Waals surface area contributed by atoms with Gasteiger partial charge in [0.2, 0.25) is 0 Å². The number of amides is 1. The van der Waals surface area contributed by atoms with Crippen LogP contribution in [-0.2, 0) is 4.79 Å². The van der Waals surface area contributed by atoms with Crippen LogP contribution in [-0.4, -0.2) is 19.6 Å². The van der Waals surface area contributed by atoms with Crippen molar-refractivity contribution in [1.29, 1.82) is 0 Å². The zero-order valence-electron chi connectivity index (χ0n) is 16.9. The molecule has 0 radical (unpaired) electrons. The number of nitrogens with one attached hydrogen (secondary N) is 1. The molecule has 3 aromatic carbocycles. The van der Waals surface area contributed by atoms with Crippen LogP contribution in [0.3, 0.4) is 0 Å². The monoisotopic (exact) mass is 411 g/mol. The Morgan fingerprint density at radius 2 is 1.67 bits per heavy atom. The number of halogens is 2. The van der Waals surface area contributed by atoms with Crippen molar-refractivity contribution in [2.24, 2.45) is 0 Å². The van der Waals surface area contributed by atoms with Crippen LogP contribution in [0.15, 0.2) is 72.8 Å². The van der Waals surface area contributed by atoms with E-state index in [2.05, 4.69) is 5.32 Å². The van der Waals surface area contributed by atoms with Gasteiger partial charge in [0.05, 0.1) is 13.2 Å². The van der Waals surface area contributed by atoms with Gasteiger partial charge in [-0.2, -0.15) is 0 Å². The summed E-state index contributed by atoms with van der Waals surface area (Å²) in [5.74, 6) is -0.680. The second-order valence-electron chi connectivity index (χ2n) is 7.08. The molecule has 0 bridgehead atoms. The van der Waals surface area contributed by atoms with E-state index in [4.69, 9.17) is 4.74 Å². The summed E-state index contributed by atoms with van der Waals surface area (Å²) in [6, 6.07) is 20.0. The minimum absolute atomic E-state index is 0.109. The Bertz CT molecular complexity index is 978. The Morgan fingerprint density at radius 1 is 1.00 bits per heavy atom. The van der Waals surface area contributed by atoms with Crippen LogP contribution >= 0.6 is 0 Å². The lowest BCUT2D eigenvalue weighted by Crippen LogP contribution is -2.87. The third kappa shape index (κ3) is 5.42. The van der Waals surface area contributed by atoms with Crippen LogP contribution in [0.5, 0.6) is 5.75 Å². The fraction of sp³-hybridized carbons (Fsp3) is 0.208. The smallest absolute Gasteiger partial charge is 0.275 e. The molecule has 3 aromatic rings. The van der Waals surface area contributed by atoms with Gasteiger partial charge in [-0.15, -0.1) is 0 Å². The fourth-order valence-corrected chi connectivity index (χ4v) is 3.30. The van der Waals surface area contributed by atoms with Crippen molar-refractivity contribution in [2.45, 2.75) is 19.0 Å². The summed E-state index contributed by atoms with van der Waals surface area (Å²) in [6.07, 6.45) is 0. The van der Waals surface area contributed by atoms with Gasteiger partial charge in [0.25, 0.3) is 5.91 Å². The molecule has 0 aromatic heterocycles. The molecule has 156 valence electrons. The molecule has 0 aliphatic rings. The minimum Gasteiger partial charge on any atom is -0.497 e. The fourth-order valence-electron chi connectivity index (χ4n) is 3.30. The molecule has 0 aliphatic heterocycles. The molecule has 0 saturated heterocycles. The SMILES string of the molecule is COc1ccc([C@@H](NC(=O)C[NH2+][C@H](C)c2ccc(F)cc2F)c2ccccc2)cc1. The van der Waals surface area contributed by atoms with E-state index in [0.717, 1.165) is 22.9 Å². The molecule has 0 heterocycles. The van der Waals surface area contributed by atoms with Gasteiger partial charge in [-0.25, -0.2) is 8.78 Å². The van der Waals surface area contributed by atoms with E-state index in [1.807, 2.05) is 54.6 Å². The number of benzene rings is 3. The number of rotatable bonds is 8. The molecule has 1 amide bonds. The molecule has 0 saturated carbocycles. The highest BCUT2D eigenvalue weighted by atomic mass is 19.1. The third-order valence-electron chi connectivity index (χ3n) is 5.00. The lowest BCUT2D eigenvalue weighted by molar-refractivity contribution is -0.682. The first-order chi connectivity index (χ1) is 14.5. The molecule has 6 heteroatoms. The normalized spacial score (nSPS) is 12.8. The number of carbonyl (C=O) groups is 1. The number of hydrogen-bond donors (Lipinski definition) is 2. The first kappa shape index (κ1) is 21.5. The Kier molecular flexibility index (Phi) is 7.14. The zero-order chi connectivity index (χ0) is 21.5. The first-order valence-electron chi connectivity index (χ1n) is 9.74. The van der Waals surface area contributed by atoms with Gasteiger partial charge in [-0.1, -0.05) is 42.5 Å². The standard InChI is InChI=1S/C24H24F2N2O2/c1-16(21-13-10-19(25)14-22(21)26)27-15-23(29)28-24(17-6-4-3-5-7-17)18-8-11-20(30-2)12-9-18/h3-14,16,24,27H,15H2,1-2H3,(H,28,29)/p+1/t16-,24+/m1/s1. The topological polar surface area (TPSA) is 54.9 Å². The quantitative estimate of drug-likeness (QED) is 0.596. The summed E-state index contributed by atoms with van der Waals surface area (Å²) in [4.78, 5) is 12.7.